The van der Waals surface area contributed by atoms with E-state index in [4.69, 9.17) is 5.26 Å². The lowest BCUT2D eigenvalue weighted by molar-refractivity contribution is 0.521. The van der Waals surface area contributed by atoms with E-state index >= 15 is 0 Å². The summed E-state index contributed by atoms with van der Waals surface area (Å²) in [4.78, 5) is 6.19. The largest absolute Gasteiger partial charge is 0.361 e. The predicted octanol–water partition coefficient (Wildman–Crippen LogP) is 2.74. The van der Waals surface area contributed by atoms with Gasteiger partial charge in [-0.05, 0) is 32.9 Å². The Labute approximate surface area is 97.0 Å². The maximum Gasteiger partial charge on any atom is 0.163 e. The van der Waals surface area contributed by atoms with E-state index in [0.717, 1.165) is 5.69 Å². The van der Waals surface area contributed by atoms with Crippen molar-refractivity contribution in [3.05, 3.63) is 36.7 Å². The first-order valence-corrected chi connectivity index (χ1v) is 5.24. The van der Waals surface area contributed by atoms with Crippen molar-refractivity contribution in [2.75, 3.05) is 11.4 Å². The number of rotatable bonds is 3. The minimum Gasteiger partial charge on any atom is -0.361 e. The first-order valence-electron chi connectivity index (χ1n) is 5.24. The van der Waals surface area contributed by atoms with E-state index < -0.39 is 0 Å². The molecule has 0 aromatic carbocycles. The standard InChI is InChI=1S/C13H17N3/c1-5-9-16(13(2,3)4)12-7-6-8-15-11(12)10-14/h5-8H,1,9H2,2-4H3. The lowest BCUT2D eigenvalue weighted by atomic mass is 10.0. The van der Waals surface area contributed by atoms with Crippen molar-refractivity contribution in [2.45, 2.75) is 26.3 Å². The molecular weight excluding hydrogens is 198 g/mol. The van der Waals surface area contributed by atoms with Crippen LogP contribution in [0.15, 0.2) is 31.0 Å². The molecule has 0 aliphatic rings. The van der Waals surface area contributed by atoms with Crippen LogP contribution in [0.5, 0.6) is 0 Å². The maximum absolute atomic E-state index is 9.04. The highest BCUT2D eigenvalue weighted by atomic mass is 15.2. The Morgan fingerprint density at radius 2 is 2.25 bits per heavy atom. The van der Waals surface area contributed by atoms with Crippen molar-refractivity contribution in [3.8, 4) is 6.07 Å². The second kappa shape index (κ2) is 4.80. The zero-order valence-corrected chi connectivity index (χ0v) is 10.1. The summed E-state index contributed by atoms with van der Waals surface area (Å²) < 4.78 is 0. The van der Waals surface area contributed by atoms with Crippen LogP contribution in [0.3, 0.4) is 0 Å². The molecule has 0 aliphatic carbocycles. The van der Waals surface area contributed by atoms with Crippen LogP contribution < -0.4 is 4.90 Å². The van der Waals surface area contributed by atoms with Gasteiger partial charge in [0.05, 0.1) is 5.69 Å². The van der Waals surface area contributed by atoms with Gasteiger partial charge in [-0.3, -0.25) is 0 Å². The predicted molar refractivity (Wildman–Crippen MR) is 66.2 cm³/mol. The van der Waals surface area contributed by atoms with Crippen LogP contribution in [-0.2, 0) is 0 Å². The Kier molecular flexibility index (Phi) is 3.68. The molecule has 0 radical (unpaired) electrons. The van der Waals surface area contributed by atoms with Crippen molar-refractivity contribution in [1.82, 2.24) is 4.98 Å². The highest BCUT2D eigenvalue weighted by Crippen LogP contribution is 2.25. The van der Waals surface area contributed by atoms with Crippen LogP contribution in [0.4, 0.5) is 5.69 Å². The first-order chi connectivity index (χ1) is 7.50. The fourth-order valence-electron chi connectivity index (χ4n) is 1.56. The molecule has 16 heavy (non-hydrogen) atoms. The smallest absolute Gasteiger partial charge is 0.163 e. The van der Waals surface area contributed by atoms with E-state index in [-0.39, 0.29) is 5.54 Å². The number of aromatic nitrogens is 1. The summed E-state index contributed by atoms with van der Waals surface area (Å²) >= 11 is 0. The molecule has 84 valence electrons. The molecule has 0 saturated heterocycles. The third-order valence-electron chi connectivity index (χ3n) is 2.30. The van der Waals surface area contributed by atoms with Crippen LogP contribution in [0, 0.1) is 11.3 Å². The number of nitrogens with zero attached hydrogens (tertiary/aromatic N) is 3. The van der Waals surface area contributed by atoms with Crippen molar-refractivity contribution in [1.29, 1.82) is 5.26 Å². The molecule has 0 spiro atoms. The van der Waals surface area contributed by atoms with E-state index in [9.17, 15) is 0 Å². The van der Waals surface area contributed by atoms with Crippen LogP contribution in [0.1, 0.15) is 26.5 Å². The average molecular weight is 215 g/mol. The molecule has 1 rings (SSSR count). The Balaban J connectivity index is 3.21. The normalized spacial score (nSPS) is 10.6. The number of anilines is 1. The van der Waals surface area contributed by atoms with Gasteiger partial charge in [-0.15, -0.1) is 6.58 Å². The van der Waals surface area contributed by atoms with Gasteiger partial charge in [0.15, 0.2) is 5.69 Å². The molecule has 0 atom stereocenters. The average Bonchev–Trinajstić information content (AvgIpc) is 2.24. The summed E-state index contributed by atoms with van der Waals surface area (Å²) in [7, 11) is 0. The van der Waals surface area contributed by atoms with E-state index in [2.05, 4.69) is 43.3 Å². The molecule has 0 aliphatic heterocycles. The zero-order chi connectivity index (χ0) is 12.2. The molecule has 0 fully saturated rings. The van der Waals surface area contributed by atoms with Crippen LogP contribution in [0.2, 0.25) is 0 Å². The van der Waals surface area contributed by atoms with Gasteiger partial charge in [-0.25, -0.2) is 4.98 Å². The van der Waals surface area contributed by atoms with Crippen molar-refractivity contribution < 1.29 is 0 Å². The minimum atomic E-state index is -0.0666. The number of hydrogen-bond acceptors (Lipinski definition) is 3. The van der Waals surface area contributed by atoms with Gasteiger partial charge in [0.25, 0.3) is 0 Å². The molecule has 1 aromatic heterocycles. The minimum absolute atomic E-state index is 0.0666. The fourth-order valence-corrected chi connectivity index (χ4v) is 1.56. The monoisotopic (exact) mass is 215 g/mol. The molecule has 0 bridgehead atoms. The molecule has 0 saturated carbocycles. The molecule has 1 heterocycles. The van der Waals surface area contributed by atoms with E-state index in [1.165, 1.54) is 0 Å². The van der Waals surface area contributed by atoms with Gasteiger partial charge in [0.2, 0.25) is 0 Å². The summed E-state index contributed by atoms with van der Waals surface area (Å²) in [6.07, 6.45) is 3.47. The highest BCUT2D eigenvalue weighted by Gasteiger charge is 2.22. The lowest BCUT2D eigenvalue weighted by Crippen LogP contribution is -2.42. The second-order valence-corrected chi connectivity index (χ2v) is 4.55. The van der Waals surface area contributed by atoms with Crippen LogP contribution in [0.25, 0.3) is 0 Å². The third kappa shape index (κ3) is 2.60. The summed E-state index contributed by atoms with van der Waals surface area (Å²) in [5, 5.41) is 9.04. The Bertz CT molecular complexity index is 410. The van der Waals surface area contributed by atoms with Crippen molar-refractivity contribution >= 4 is 5.69 Å². The molecule has 0 unspecified atom stereocenters. The lowest BCUT2D eigenvalue weighted by Gasteiger charge is -2.37. The SMILES string of the molecule is C=CCN(c1cccnc1C#N)C(C)(C)C. The molecule has 3 heteroatoms. The Hall–Kier alpha value is -1.82. The summed E-state index contributed by atoms with van der Waals surface area (Å²) in [6.45, 7) is 10.8. The van der Waals surface area contributed by atoms with Gasteiger partial charge in [-0.2, -0.15) is 5.26 Å². The first kappa shape index (κ1) is 12.3. The number of hydrogen-bond donors (Lipinski definition) is 0. The summed E-state index contributed by atoms with van der Waals surface area (Å²) in [5.74, 6) is 0. The zero-order valence-electron chi connectivity index (χ0n) is 10.1. The van der Waals surface area contributed by atoms with Gasteiger partial charge < -0.3 is 4.90 Å². The third-order valence-corrected chi connectivity index (χ3v) is 2.30. The summed E-state index contributed by atoms with van der Waals surface area (Å²) in [5.41, 5.74) is 1.25. The van der Waals surface area contributed by atoms with E-state index in [1.807, 2.05) is 18.2 Å². The van der Waals surface area contributed by atoms with Crippen molar-refractivity contribution in [3.63, 3.8) is 0 Å². The molecule has 0 amide bonds. The molecule has 1 aromatic rings. The van der Waals surface area contributed by atoms with Gasteiger partial charge >= 0.3 is 0 Å². The number of nitriles is 1. The second-order valence-electron chi connectivity index (χ2n) is 4.55. The topological polar surface area (TPSA) is 39.9 Å². The van der Waals surface area contributed by atoms with E-state index in [1.54, 1.807) is 6.20 Å². The van der Waals surface area contributed by atoms with Crippen LogP contribution >= 0.6 is 0 Å². The molecule has 0 N–H and O–H groups in total. The Morgan fingerprint density at radius 1 is 1.56 bits per heavy atom. The van der Waals surface area contributed by atoms with E-state index in [0.29, 0.717) is 12.2 Å². The fraction of sp³-hybridized carbons (Fsp3) is 0.385. The van der Waals surface area contributed by atoms with Gasteiger partial charge in [-0.1, -0.05) is 6.08 Å². The molecule has 3 nitrogen and oxygen atoms in total. The van der Waals surface area contributed by atoms with Crippen molar-refractivity contribution in [2.24, 2.45) is 0 Å². The Morgan fingerprint density at radius 3 is 2.75 bits per heavy atom. The summed E-state index contributed by atoms with van der Waals surface area (Å²) in [6, 6.07) is 5.88. The number of pyridine rings is 1. The quantitative estimate of drug-likeness (QED) is 0.728. The van der Waals surface area contributed by atoms with Crippen LogP contribution in [-0.4, -0.2) is 17.1 Å². The molecular formula is C13H17N3. The maximum atomic E-state index is 9.04. The highest BCUT2D eigenvalue weighted by molar-refractivity contribution is 5.57. The van der Waals surface area contributed by atoms with Gasteiger partial charge in [0.1, 0.15) is 6.07 Å². The van der Waals surface area contributed by atoms with Gasteiger partial charge in [0, 0.05) is 18.3 Å².